The van der Waals surface area contributed by atoms with Crippen LogP contribution in [0.25, 0.3) is 0 Å². The second-order valence-electron chi connectivity index (χ2n) is 7.39. The minimum atomic E-state index is -1.98. The van der Waals surface area contributed by atoms with Crippen LogP contribution >= 0.6 is 34.8 Å². The SMILES string of the molecule is CC(C)(C)C(C#N)(COc1cc(Cl)c(Cl)cc1Cl)O[Si](C)(C)C. The van der Waals surface area contributed by atoms with Gasteiger partial charge >= 0.3 is 0 Å². The number of nitrogens with zero attached hydrogens (tertiary/aromatic N) is 1. The largest absolute Gasteiger partial charge is 0.488 e. The van der Waals surface area contributed by atoms with Crippen LogP contribution in [0.15, 0.2) is 12.1 Å². The summed E-state index contributed by atoms with van der Waals surface area (Å²) in [6, 6.07) is 5.38. The highest BCUT2D eigenvalue weighted by molar-refractivity contribution is 6.69. The van der Waals surface area contributed by atoms with Crippen LogP contribution in [0.2, 0.25) is 34.7 Å². The Morgan fingerprint density at radius 1 is 1.04 bits per heavy atom. The molecule has 0 spiro atoms. The number of ether oxygens (including phenoxy) is 1. The molecular weight excluding hydrogens is 373 g/mol. The third-order valence-corrected chi connectivity index (χ3v) is 5.26. The Morgan fingerprint density at radius 2 is 1.57 bits per heavy atom. The van der Waals surface area contributed by atoms with Crippen LogP contribution in [0, 0.1) is 16.7 Å². The Morgan fingerprint density at radius 3 is 2.00 bits per heavy atom. The molecule has 0 aliphatic heterocycles. The number of benzene rings is 1. The highest BCUT2D eigenvalue weighted by Crippen LogP contribution is 2.39. The summed E-state index contributed by atoms with van der Waals surface area (Å²) < 4.78 is 12.0. The first-order valence-electron chi connectivity index (χ1n) is 7.20. The lowest BCUT2D eigenvalue weighted by Gasteiger charge is -2.42. The van der Waals surface area contributed by atoms with Crippen LogP contribution in [0.5, 0.6) is 5.75 Å². The van der Waals surface area contributed by atoms with E-state index in [9.17, 15) is 5.26 Å². The summed E-state index contributed by atoms with van der Waals surface area (Å²) in [6.07, 6.45) is 0. The first kappa shape index (κ1) is 20.6. The molecule has 0 amide bonds. The van der Waals surface area contributed by atoms with E-state index in [1.54, 1.807) is 6.07 Å². The van der Waals surface area contributed by atoms with Gasteiger partial charge in [-0.15, -0.1) is 0 Å². The van der Waals surface area contributed by atoms with Crippen molar-refractivity contribution in [2.24, 2.45) is 5.41 Å². The van der Waals surface area contributed by atoms with E-state index in [1.165, 1.54) is 6.07 Å². The maximum absolute atomic E-state index is 9.81. The molecule has 0 aromatic heterocycles. The Kier molecular flexibility index (Phi) is 6.45. The van der Waals surface area contributed by atoms with E-state index < -0.39 is 19.3 Å². The molecule has 1 unspecified atom stereocenters. The molecule has 7 heteroatoms. The van der Waals surface area contributed by atoms with Gasteiger partial charge < -0.3 is 9.16 Å². The molecule has 0 saturated carbocycles. The summed E-state index contributed by atoms with van der Waals surface area (Å²) in [6.45, 7) is 12.0. The molecule has 0 bridgehead atoms. The van der Waals surface area contributed by atoms with Gasteiger partial charge in [-0.2, -0.15) is 5.26 Å². The van der Waals surface area contributed by atoms with E-state index in [0.717, 1.165) is 0 Å². The van der Waals surface area contributed by atoms with Crippen molar-refractivity contribution in [1.82, 2.24) is 0 Å². The van der Waals surface area contributed by atoms with Crippen molar-refractivity contribution in [3.05, 3.63) is 27.2 Å². The minimum absolute atomic E-state index is 0.0505. The van der Waals surface area contributed by atoms with Crippen LogP contribution in [0.4, 0.5) is 0 Å². The average molecular weight is 395 g/mol. The standard InChI is InChI=1S/C16H22Cl3NO2Si/c1-15(2,3)16(9-20,22-23(4,5)6)10-21-14-8-12(18)11(17)7-13(14)19/h7-8H,10H2,1-6H3. The van der Waals surface area contributed by atoms with Gasteiger partial charge in [0, 0.05) is 11.5 Å². The van der Waals surface area contributed by atoms with Crippen LogP contribution in [0.1, 0.15) is 20.8 Å². The van der Waals surface area contributed by atoms with Gasteiger partial charge in [0.2, 0.25) is 0 Å². The zero-order valence-electron chi connectivity index (χ0n) is 14.3. The molecule has 1 aromatic rings. The van der Waals surface area contributed by atoms with Gasteiger partial charge in [-0.1, -0.05) is 55.6 Å². The van der Waals surface area contributed by atoms with Crippen LogP contribution < -0.4 is 4.74 Å². The Balaban J connectivity index is 3.14. The summed E-state index contributed by atoms with van der Waals surface area (Å²) in [4.78, 5) is 0. The Bertz CT molecular complexity index is 617. The van der Waals surface area contributed by atoms with E-state index in [4.69, 9.17) is 44.0 Å². The Labute approximate surface area is 154 Å². The predicted octanol–water partition coefficient (Wildman–Crippen LogP) is 6.19. The van der Waals surface area contributed by atoms with E-state index in [-0.39, 0.29) is 6.61 Å². The normalized spacial score (nSPS) is 15.0. The zero-order chi connectivity index (χ0) is 18.1. The van der Waals surface area contributed by atoms with Gasteiger partial charge in [-0.25, -0.2) is 0 Å². The molecule has 0 saturated heterocycles. The number of hydrogen-bond donors (Lipinski definition) is 0. The first-order valence-corrected chi connectivity index (χ1v) is 11.7. The van der Waals surface area contributed by atoms with Gasteiger partial charge in [0.25, 0.3) is 0 Å². The van der Waals surface area contributed by atoms with Gasteiger partial charge in [0.15, 0.2) is 13.9 Å². The molecule has 0 heterocycles. The van der Waals surface area contributed by atoms with Crippen molar-refractivity contribution in [3.63, 3.8) is 0 Å². The lowest BCUT2D eigenvalue weighted by Crippen LogP contribution is -2.54. The maximum atomic E-state index is 9.81. The second-order valence-corrected chi connectivity index (χ2v) is 13.0. The molecule has 0 aliphatic rings. The fourth-order valence-corrected chi connectivity index (χ4v) is 3.99. The fraction of sp³-hybridized carbons (Fsp3) is 0.562. The van der Waals surface area contributed by atoms with E-state index in [1.807, 2.05) is 40.4 Å². The van der Waals surface area contributed by atoms with Crippen LogP contribution in [-0.2, 0) is 4.43 Å². The molecule has 1 aromatic carbocycles. The third-order valence-electron chi connectivity index (χ3n) is 3.28. The fourth-order valence-electron chi connectivity index (χ4n) is 1.94. The van der Waals surface area contributed by atoms with Gasteiger partial charge in [-0.05, 0) is 25.7 Å². The molecule has 0 fully saturated rings. The smallest absolute Gasteiger partial charge is 0.186 e. The van der Waals surface area contributed by atoms with Crippen molar-refractivity contribution < 1.29 is 9.16 Å². The lowest BCUT2D eigenvalue weighted by molar-refractivity contribution is -0.0257. The van der Waals surface area contributed by atoms with Crippen LogP contribution in [0.3, 0.4) is 0 Å². The van der Waals surface area contributed by atoms with Crippen molar-refractivity contribution in [3.8, 4) is 11.8 Å². The molecule has 0 radical (unpaired) electrons. The number of rotatable bonds is 5. The summed E-state index contributed by atoms with van der Waals surface area (Å²) in [5.41, 5.74) is -1.53. The van der Waals surface area contributed by atoms with E-state index >= 15 is 0 Å². The summed E-state index contributed by atoms with van der Waals surface area (Å²) in [5.74, 6) is 0.379. The number of nitriles is 1. The topological polar surface area (TPSA) is 42.2 Å². The molecule has 1 rings (SSSR count). The predicted molar refractivity (Wildman–Crippen MR) is 99.2 cm³/mol. The lowest BCUT2D eigenvalue weighted by atomic mass is 9.78. The number of hydrogen-bond acceptors (Lipinski definition) is 3. The second kappa shape index (κ2) is 7.21. The molecule has 0 N–H and O–H groups in total. The summed E-state index contributed by atoms with van der Waals surface area (Å²) in [5, 5.41) is 10.8. The average Bonchev–Trinajstić information content (AvgIpc) is 2.37. The first-order chi connectivity index (χ1) is 10.3. The third kappa shape index (κ3) is 5.27. The van der Waals surface area contributed by atoms with Crippen molar-refractivity contribution in [1.29, 1.82) is 5.26 Å². The van der Waals surface area contributed by atoms with Crippen molar-refractivity contribution in [2.75, 3.05) is 6.61 Å². The highest BCUT2D eigenvalue weighted by Gasteiger charge is 2.47. The monoisotopic (exact) mass is 393 g/mol. The highest BCUT2D eigenvalue weighted by atomic mass is 35.5. The molecule has 23 heavy (non-hydrogen) atoms. The molecule has 1 atom stereocenters. The summed E-state index contributed by atoms with van der Waals surface area (Å²) >= 11 is 18.1. The number of halogens is 3. The molecule has 128 valence electrons. The van der Waals surface area contributed by atoms with Crippen molar-refractivity contribution >= 4 is 43.1 Å². The van der Waals surface area contributed by atoms with E-state index in [0.29, 0.717) is 20.8 Å². The zero-order valence-corrected chi connectivity index (χ0v) is 17.5. The molecule has 3 nitrogen and oxygen atoms in total. The summed E-state index contributed by atoms with van der Waals surface area (Å²) in [7, 11) is -1.98. The van der Waals surface area contributed by atoms with Gasteiger partial charge in [0.05, 0.1) is 15.1 Å². The van der Waals surface area contributed by atoms with Crippen LogP contribution in [-0.4, -0.2) is 20.5 Å². The Hall–Kier alpha value is -0.443. The molecule has 0 aliphatic carbocycles. The van der Waals surface area contributed by atoms with Crippen molar-refractivity contribution in [2.45, 2.75) is 46.0 Å². The maximum Gasteiger partial charge on any atom is 0.186 e. The quantitative estimate of drug-likeness (QED) is 0.442. The van der Waals surface area contributed by atoms with E-state index in [2.05, 4.69) is 6.07 Å². The minimum Gasteiger partial charge on any atom is -0.488 e. The molecular formula is C16H22Cl3NO2Si. The van der Waals surface area contributed by atoms with Gasteiger partial charge in [-0.3, -0.25) is 0 Å². The van der Waals surface area contributed by atoms with Gasteiger partial charge in [0.1, 0.15) is 18.4 Å².